The molecule has 0 fully saturated rings. The first-order chi connectivity index (χ1) is 11.4. The van der Waals surface area contributed by atoms with Crippen molar-refractivity contribution in [2.75, 3.05) is 0 Å². The number of nitro groups is 1. The smallest absolute Gasteiger partial charge is 0.272 e. The van der Waals surface area contributed by atoms with Crippen LogP contribution in [0.5, 0.6) is 0 Å². The van der Waals surface area contributed by atoms with Crippen LogP contribution in [0.4, 0.5) is 5.69 Å². The van der Waals surface area contributed by atoms with Crippen LogP contribution < -0.4 is 5.32 Å². The minimum Gasteiger partial charge on any atom is -0.388 e. The van der Waals surface area contributed by atoms with Crippen molar-refractivity contribution >= 4 is 11.6 Å². The zero-order valence-corrected chi connectivity index (χ0v) is 13.6. The van der Waals surface area contributed by atoms with E-state index in [0.29, 0.717) is 16.7 Å². The first-order valence-corrected chi connectivity index (χ1v) is 7.65. The number of aliphatic hydroxyl groups excluding tert-OH is 1. The second-order valence-corrected chi connectivity index (χ2v) is 5.72. The van der Waals surface area contributed by atoms with Gasteiger partial charge in [0.25, 0.3) is 5.69 Å². The fourth-order valence-corrected chi connectivity index (χ4v) is 2.44. The highest BCUT2D eigenvalue weighted by atomic mass is 16.6. The van der Waals surface area contributed by atoms with Crippen molar-refractivity contribution in [3.05, 3.63) is 75.3 Å². The fourth-order valence-electron chi connectivity index (χ4n) is 2.44. The number of aliphatic hydroxyl groups is 1. The van der Waals surface area contributed by atoms with E-state index in [2.05, 4.69) is 5.32 Å². The summed E-state index contributed by atoms with van der Waals surface area (Å²) < 4.78 is 0. The third-order valence-corrected chi connectivity index (χ3v) is 3.87. The van der Waals surface area contributed by atoms with E-state index in [0.717, 1.165) is 0 Å². The highest BCUT2D eigenvalue weighted by Gasteiger charge is 2.18. The van der Waals surface area contributed by atoms with Crippen molar-refractivity contribution in [3.8, 4) is 0 Å². The molecule has 2 rings (SSSR count). The number of hydrogen-bond acceptors (Lipinski definition) is 4. The van der Waals surface area contributed by atoms with Gasteiger partial charge < -0.3 is 10.4 Å². The Hall–Kier alpha value is -2.73. The van der Waals surface area contributed by atoms with Gasteiger partial charge in [0.15, 0.2) is 0 Å². The predicted molar refractivity (Wildman–Crippen MR) is 90.4 cm³/mol. The molecule has 0 heterocycles. The molecule has 2 aromatic carbocycles. The topological polar surface area (TPSA) is 92.5 Å². The Kier molecular flexibility index (Phi) is 5.65. The van der Waals surface area contributed by atoms with Gasteiger partial charge in [0.05, 0.1) is 23.5 Å². The molecule has 2 unspecified atom stereocenters. The summed E-state index contributed by atoms with van der Waals surface area (Å²) in [4.78, 5) is 22.7. The predicted octanol–water partition coefficient (Wildman–Crippen LogP) is 3.20. The molecule has 0 aromatic heterocycles. The second-order valence-electron chi connectivity index (χ2n) is 5.72. The third kappa shape index (κ3) is 4.39. The standard InChI is InChI=1S/C18H20N2O4/c1-12-8-9-15(10-16(12)20(23)24)13(2)19-18(22)11-17(21)14-6-4-3-5-7-14/h3-10,13,17,21H,11H2,1-2H3,(H,19,22). The first-order valence-electron chi connectivity index (χ1n) is 7.65. The van der Waals surface area contributed by atoms with Crippen molar-refractivity contribution in [1.29, 1.82) is 0 Å². The Balaban J connectivity index is 2.01. The maximum atomic E-state index is 12.1. The third-order valence-electron chi connectivity index (χ3n) is 3.87. The Bertz CT molecular complexity index is 731. The normalized spacial score (nSPS) is 13.1. The van der Waals surface area contributed by atoms with Crippen molar-refractivity contribution in [3.63, 3.8) is 0 Å². The molecule has 0 radical (unpaired) electrons. The molecular formula is C18H20N2O4. The highest BCUT2D eigenvalue weighted by Crippen LogP contribution is 2.23. The number of carbonyl (C=O) groups excluding carboxylic acids is 1. The summed E-state index contributed by atoms with van der Waals surface area (Å²) in [6.45, 7) is 3.42. The van der Waals surface area contributed by atoms with Crippen molar-refractivity contribution < 1.29 is 14.8 Å². The molecule has 1 amide bonds. The quantitative estimate of drug-likeness (QED) is 0.629. The number of amides is 1. The average molecular weight is 328 g/mol. The largest absolute Gasteiger partial charge is 0.388 e. The van der Waals surface area contributed by atoms with E-state index in [1.807, 2.05) is 6.07 Å². The number of aryl methyl sites for hydroxylation is 1. The van der Waals surface area contributed by atoms with Crippen LogP contribution in [0.15, 0.2) is 48.5 Å². The molecule has 126 valence electrons. The molecule has 0 aliphatic heterocycles. The van der Waals surface area contributed by atoms with Crippen molar-refractivity contribution in [2.24, 2.45) is 0 Å². The lowest BCUT2D eigenvalue weighted by Gasteiger charge is -2.16. The first kappa shape index (κ1) is 17.6. The maximum Gasteiger partial charge on any atom is 0.272 e. The molecule has 0 saturated heterocycles. The van der Waals surface area contributed by atoms with Gasteiger partial charge in [-0.1, -0.05) is 42.5 Å². The molecular weight excluding hydrogens is 308 g/mol. The molecule has 24 heavy (non-hydrogen) atoms. The van der Waals surface area contributed by atoms with Crippen LogP contribution in [0, 0.1) is 17.0 Å². The summed E-state index contributed by atoms with van der Waals surface area (Å²) in [5, 5.41) is 23.8. The van der Waals surface area contributed by atoms with Gasteiger partial charge in [-0.2, -0.15) is 0 Å². The van der Waals surface area contributed by atoms with Gasteiger partial charge in [0, 0.05) is 11.6 Å². The van der Waals surface area contributed by atoms with Gasteiger partial charge in [0.1, 0.15) is 0 Å². The van der Waals surface area contributed by atoms with Gasteiger partial charge in [-0.3, -0.25) is 14.9 Å². The number of benzene rings is 2. The minimum atomic E-state index is -0.884. The molecule has 2 N–H and O–H groups in total. The molecule has 0 saturated carbocycles. The van der Waals surface area contributed by atoms with Crippen LogP contribution in [0.3, 0.4) is 0 Å². The van der Waals surface area contributed by atoms with E-state index in [1.165, 1.54) is 6.07 Å². The Labute approximate surface area is 140 Å². The number of hydrogen-bond donors (Lipinski definition) is 2. The Morgan fingerprint density at radius 3 is 2.50 bits per heavy atom. The highest BCUT2D eigenvalue weighted by molar-refractivity contribution is 5.77. The van der Waals surface area contributed by atoms with Gasteiger partial charge in [-0.25, -0.2) is 0 Å². The van der Waals surface area contributed by atoms with Crippen LogP contribution in [-0.4, -0.2) is 15.9 Å². The minimum absolute atomic E-state index is 0.0259. The summed E-state index contributed by atoms with van der Waals surface area (Å²) in [5.41, 5.74) is 1.92. The van der Waals surface area contributed by atoms with E-state index < -0.39 is 11.0 Å². The van der Waals surface area contributed by atoms with Crippen LogP contribution in [-0.2, 0) is 4.79 Å². The number of nitrogens with one attached hydrogen (secondary N) is 1. The van der Waals surface area contributed by atoms with E-state index in [1.54, 1.807) is 50.2 Å². The van der Waals surface area contributed by atoms with Gasteiger partial charge in [-0.05, 0) is 25.0 Å². The van der Waals surface area contributed by atoms with Gasteiger partial charge in [0.2, 0.25) is 5.91 Å². The number of nitrogens with zero attached hydrogens (tertiary/aromatic N) is 1. The lowest BCUT2D eigenvalue weighted by Crippen LogP contribution is -2.28. The number of rotatable bonds is 6. The SMILES string of the molecule is Cc1ccc(C(C)NC(=O)CC(O)c2ccccc2)cc1[N+](=O)[O-]. The molecule has 0 bridgehead atoms. The van der Waals surface area contributed by atoms with E-state index in [-0.39, 0.29) is 24.1 Å². The molecule has 2 aromatic rings. The molecule has 6 nitrogen and oxygen atoms in total. The van der Waals surface area contributed by atoms with Gasteiger partial charge >= 0.3 is 0 Å². The summed E-state index contributed by atoms with van der Waals surface area (Å²) >= 11 is 0. The van der Waals surface area contributed by atoms with Crippen LogP contribution in [0.2, 0.25) is 0 Å². The second kappa shape index (κ2) is 7.70. The van der Waals surface area contributed by atoms with Gasteiger partial charge in [-0.15, -0.1) is 0 Å². The Morgan fingerprint density at radius 1 is 1.21 bits per heavy atom. The average Bonchev–Trinajstić information content (AvgIpc) is 2.55. The molecule has 0 spiro atoms. The van der Waals surface area contributed by atoms with Crippen LogP contribution in [0.1, 0.15) is 42.2 Å². The lowest BCUT2D eigenvalue weighted by molar-refractivity contribution is -0.385. The van der Waals surface area contributed by atoms with E-state index in [4.69, 9.17) is 0 Å². The fraction of sp³-hybridized carbons (Fsp3) is 0.278. The molecule has 0 aliphatic carbocycles. The van der Waals surface area contributed by atoms with Crippen LogP contribution >= 0.6 is 0 Å². The zero-order chi connectivity index (χ0) is 17.7. The molecule has 2 atom stereocenters. The summed E-state index contributed by atoms with van der Waals surface area (Å²) in [6.07, 6.45) is -0.951. The van der Waals surface area contributed by atoms with E-state index >= 15 is 0 Å². The number of nitro benzene ring substituents is 1. The summed E-state index contributed by atoms with van der Waals surface area (Å²) in [7, 11) is 0. The molecule has 0 aliphatic rings. The summed E-state index contributed by atoms with van der Waals surface area (Å²) in [5.74, 6) is -0.318. The zero-order valence-electron chi connectivity index (χ0n) is 13.6. The van der Waals surface area contributed by atoms with Crippen molar-refractivity contribution in [2.45, 2.75) is 32.4 Å². The molecule has 6 heteroatoms. The lowest BCUT2D eigenvalue weighted by atomic mass is 10.0. The maximum absolute atomic E-state index is 12.1. The summed E-state index contributed by atoms with van der Waals surface area (Å²) in [6, 6.07) is 13.4. The monoisotopic (exact) mass is 328 g/mol. The Morgan fingerprint density at radius 2 is 1.88 bits per heavy atom. The van der Waals surface area contributed by atoms with Crippen LogP contribution in [0.25, 0.3) is 0 Å². The van der Waals surface area contributed by atoms with E-state index in [9.17, 15) is 20.0 Å². The number of carbonyl (C=O) groups is 1. The van der Waals surface area contributed by atoms with Crippen molar-refractivity contribution in [1.82, 2.24) is 5.32 Å².